The maximum atomic E-state index is 12.4. The van der Waals surface area contributed by atoms with Crippen LogP contribution < -0.4 is 16.0 Å². The van der Waals surface area contributed by atoms with Crippen molar-refractivity contribution in [2.45, 2.75) is 6.61 Å². The Morgan fingerprint density at radius 2 is 1.70 bits per heavy atom. The molecule has 20 heavy (non-hydrogen) atoms. The minimum absolute atomic E-state index is 0.00938. The molecule has 4 nitrogen and oxygen atoms in total. The molecule has 2 rings (SSSR count). The molecule has 0 aliphatic carbocycles. The van der Waals surface area contributed by atoms with Gasteiger partial charge >= 0.3 is 6.61 Å². The van der Waals surface area contributed by atoms with Crippen molar-refractivity contribution in [2.24, 2.45) is 10.8 Å². The molecular weight excluding hydrogens is 264 g/mol. The van der Waals surface area contributed by atoms with Crippen LogP contribution in [0.25, 0.3) is 0 Å². The van der Waals surface area contributed by atoms with E-state index in [1.165, 1.54) is 6.07 Å². The molecule has 0 bridgehead atoms. The molecule has 0 heterocycles. The van der Waals surface area contributed by atoms with Crippen molar-refractivity contribution in [1.82, 2.24) is 5.43 Å². The standard InChI is InChI=1S/C14H13F2N3O/c15-14(16)20-12-9-5-4-8-11(12)13(19-17)18-10-6-2-1-3-7-10/h1-9,14H,17H2,(H,18,19). The molecule has 0 fully saturated rings. The third-order valence-corrected chi connectivity index (χ3v) is 2.49. The molecule has 0 radical (unpaired) electrons. The number of nitrogens with one attached hydrogen (secondary N) is 1. The predicted octanol–water partition coefficient (Wildman–Crippen LogP) is 2.83. The van der Waals surface area contributed by atoms with Crippen LogP contribution in [0.5, 0.6) is 5.75 Å². The number of hydrogen-bond donors (Lipinski definition) is 2. The van der Waals surface area contributed by atoms with Gasteiger partial charge in [0.05, 0.1) is 11.3 Å². The van der Waals surface area contributed by atoms with E-state index in [1.807, 2.05) is 18.2 Å². The van der Waals surface area contributed by atoms with Crippen LogP contribution in [0, 0.1) is 0 Å². The van der Waals surface area contributed by atoms with Crippen molar-refractivity contribution in [3.05, 3.63) is 60.2 Å². The van der Waals surface area contributed by atoms with Crippen LogP contribution in [-0.2, 0) is 0 Å². The molecule has 0 atom stereocenters. The van der Waals surface area contributed by atoms with Gasteiger partial charge in [0.2, 0.25) is 0 Å². The van der Waals surface area contributed by atoms with Gasteiger partial charge in [-0.15, -0.1) is 0 Å². The van der Waals surface area contributed by atoms with Gasteiger partial charge < -0.3 is 10.2 Å². The molecule has 0 amide bonds. The first kappa shape index (κ1) is 14.0. The average Bonchev–Trinajstić information content (AvgIpc) is 2.46. The Balaban J connectivity index is 2.39. The predicted molar refractivity (Wildman–Crippen MR) is 73.0 cm³/mol. The molecule has 2 aromatic carbocycles. The number of hydrazine groups is 1. The number of nitrogens with two attached hydrogens (primary N) is 1. The van der Waals surface area contributed by atoms with Crippen molar-refractivity contribution in [1.29, 1.82) is 0 Å². The number of halogens is 2. The number of ether oxygens (including phenoxy) is 1. The van der Waals surface area contributed by atoms with E-state index >= 15 is 0 Å². The summed E-state index contributed by atoms with van der Waals surface area (Å²) in [5, 5.41) is 0. The Hall–Kier alpha value is -2.47. The fourth-order valence-corrected chi connectivity index (χ4v) is 1.66. The fraction of sp³-hybridized carbons (Fsp3) is 0.0714. The van der Waals surface area contributed by atoms with Crippen LogP contribution in [0.4, 0.5) is 14.5 Å². The van der Waals surface area contributed by atoms with Gasteiger partial charge in [-0.3, -0.25) is 0 Å². The largest absolute Gasteiger partial charge is 0.434 e. The van der Waals surface area contributed by atoms with Crippen LogP contribution in [0.1, 0.15) is 5.56 Å². The van der Waals surface area contributed by atoms with Gasteiger partial charge in [-0.25, -0.2) is 10.8 Å². The Bertz CT molecular complexity index is 588. The fourth-order valence-electron chi connectivity index (χ4n) is 1.66. The summed E-state index contributed by atoms with van der Waals surface area (Å²) >= 11 is 0. The second-order valence-corrected chi connectivity index (χ2v) is 3.81. The quantitative estimate of drug-likeness (QED) is 0.391. The van der Waals surface area contributed by atoms with Crippen molar-refractivity contribution in [2.75, 3.05) is 0 Å². The van der Waals surface area contributed by atoms with E-state index in [0.717, 1.165) is 0 Å². The normalized spacial score (nSPS) is 11.5. The number of aliphatic imine (C=N–C) groups is 1. The topological polar surface area (TPSA) is 59.6 Å². The van der Waals surface area contributed by atoms with Gasteiger partial charge in [0.15, 0.2) is 5.84 Å². The molecule has 0 unspecified atom stereocenters. The van der Waals surface area contributed by atoms with Crippen LogP contribution in [0.2, 0.25) is 0 Å². The van der Waals surface area contributed by atoms with Gasteiger partial charge in [-0.1, -0.05) is 30.3 Å². The Labute approximate surface area is 114 Å². The van der Waals surface area contributed by atoms with E-state index in [0.29, 0.717) is 11.3 Å². The first-order valence-electron chi connectivity index (χ1n) is 5.85. The number of alkyl halides is 2. The number of nitrogens with zero attached hydrogens (tertiary/aromatic N) is 1. The molecule has 2 aromatic rings. The van der Waals surface area contributed by atoms with Gasteiger partial charge in [-0.05, 0) is 24.3 Å². The van der Waals surface area contributed by atoms with E-state index < -0.39 is 6.61 Å². The average molecular weight is 277 g/mol. The number of benzene rings is 2. The highest BCUT2D eigenvalue weighted by Gasteiger charge is 2.13. The van der Waals surface area contributed by atoms with Crippen molar-refractivity contribution in [3.63, 3.8) is 0 Å². The van der Waals surface area contributed by atoms with Gasteiger partial charge in [0.25, 0.3) is 0 Å². The third kappa shape index (κ3) is 3.52. The summed E-state index contributed by atoms with van der Waals surface area (Å²) < 4.78 is 29.2. The first-order chi connectivity index (χ1) is 9.70. The number of hydrogen-bond acceptors (Lipinski definition) is 3. The van der Waals surface area contributed by atoms with E-state index in [9.17, 15) is 8.78 Å². The third-order valence-electron chi connectivity index (χ3n) is 2.49. The lowest BCUT2D eigenvalue weighted by molar-refractivity contribution is -0.0499. The van der Waals surface area contributed by atoms with E-state index in [4.69, 9.17) is 5.84 Å². The Kier molecular flexibility index (Phi) is 4.62. The van der Waals surface area contributed by atoms with E-state index in [-0.39, 0.29) is 11.6 Å². The monoisotopic (exact) mass is 277 g/mol. The molecule has 0 aliphatic rings. The highest BCUT2D eigenvalue weighted by atomic mass is 19.3. The summed E-state index contributed by atoms with van der Waals surface area (Å²) in [6.07, 6.45) is 0. The highest BCUT2D eigenvalue weighted by molar-refractivity contribution is 6.02. The van der Waals surface area contributed by atoms with E-state index in [1.54, 1.807) is 30.3 Å². The summed E-state index contributed by atoms with van der Waals surface area (Å²) in [6.45, 7) is -2.91. The number of para-hydroxylation sites is 2. The second kappa shape index (κ2) is 6.63. The van der Waals surface area contributed by atoms with Crippen LogP contribution in [0.15, 0.2) is 59.6 Å². The van der Waals surface area contributed by atoms with Gasteiger partial charge in [-0.2, -0.15) is 8.78 Å². The minimum atomic E-state index is -2.91. The molecular formula is C14H13F2N3O. The molecule has 0 saturated carbocycles. The van der Waals surface area contributed by atoms with Gasteiger partial charge in [0.1, 0.15) is 5.75 Å². The lowest BCUT2D eigenvalue weighted by Gasteiger charge is -2.12. The summed E-state index contributed by atoms with van der Waals surface area (Å²) in [6, 6.07) is 15.3. The SMILES string of the molecule is NNC(=Nc1ccccc1)c1ccccc1OC(F)F. The lowest BCUT2D eigenvalue weighted by Crippen LogP contribution is -2.31. The molecule has 3 N–H and O–H groups in total. The number of rotatable bonds is 4. The minimum Gasteiger partial charge on any atom is -0.434 e. The zero-order valence-corrected chi connectivity index (χ0v) is 10.5. The summed E-state index contributed by atoms with van der Waals surface area (Å²) in [4.78, 5) is 4.27. The maximum absolute atomic E-state index is 12.4. The van der Waals surface area contributed by atoms with Crippen LogP contribution >= 0.6 is 0 Å². The Morgan fingerprint density at radius 3 is 2.35 bits per heavy atom. The zero-order chi connectivity index (χ0) is 14.4. The summed E-state index contributed by atoms with van der Waals surface area (Å²) in [5.74, 6) is 5.68. The molecule has 0 saturated heterocycles. The van der Waals surface area contributed by atoms with Crippen LogP contribution in [0.3, 0.4) is 0 Å². The number of amidine groups is 1. The highest BCUT2D eigenvalue weighted by Crippen LogP contribution is 2.22. The molecule has 0 spiro atoms. The zero-order valence-electron chi connectivity index (χ0n) is 10.5. The molecule has 0 aromatic heterocycles. The van der Waals surface area contributed by atoms with Crippen molar-refractivity contribution < 1.29 is 13.5 Å². The van der Waals surface area contributed by atoms with Crippen molar-refractivity contribution in [3.8, 4) is 5.75 Å². The van der Waals surface area contributed by atoms with Crippen LogP contribution in [-0.4, -0.2) is 12.4 Å². The first-order valence-corrected chi connectivity index (χ1v) is 5.85. The maximum Gasteiger partial charge on any atom is 0.387 e. The summed E-state index contributed by atoms with van der Waals surface area (Å²) in [5.41, 5.74) is 3.41. The smallest absolute Gasteiger partial charge is 0.387 e. The summed E-state index contributed by atoms with van der Waals surface area (Å²) in [7, 11) is 0. The van der Waals surface area contributed by atoms with Crippen molar-refractivity contribution >= 4 is 11.5 Å². The molecule has 6 heteroatoms. The second-order valence-electron chi connectivity index (χ2n) is 3.81. The molecule has 0 aliphatic heterocycles. The van der Waals surface area contributed by atoms with E-state index in [2.05, 4.69) is 15.2 Å². The van der Waals surface area contributed by atoms with Gasteiger partial charge in [0, 0.05) is 0 Å². The Morgan fingerprint density at radius 1 is 1.05 bits per heavy atom. The lowest BCUT2D eigenvalue weighted by atomic mass is 10.2. The molecule has 104 valence electrons.